The number of hydrogen-bond acceptors (Lipinski definition) is 3. The van der Waals surface area contributed by atoms with E-state index in [1.165, 1.54) is 38.5 Å². The summed E-state index contributed by atoms with van der Waals surface area (Å²) in [5.74, 6) is 0.312. The van der Waals surface area contributed by atoms with Crippen LogP contribution in [0, 0.1) is 0 Å². The van der Waals surface area contributed by atoms with Crippen molar-refractivity contribution in [2.45, 2.75) is 50.6 Å². The van der Waals surface area contributed by atoms with Crippen LogP contribution < -0.4 is 0 Å². The predicted octanol–water partition coefficient (Wildman–Crippen LogP) is 1.22. The average Bonchev–Trinajstić information content (AvgIpc) is 3.21. The zero-order chi connectivity index (χ0) is 16.4. The van der Waals surface area contributed by atoms with Gasteiger partial charge in [0.1, 0.15) is 0 Å². The van der Waals surface area contributed by atoms with Gasteiger partial charge in [0.2, 0.25) is 5.91 Å². The van der Waals surface area contributed by atoms with Crippen molar-refractivity contribution >= 4 is 11.9 Å². The van der Waals surface area contributed by atoms with Gasteiger partial charge in [0.15, 0.2) is 0 Å². The van der Waals surface area contributed by atoms with Crippen LogP contribution in [0.5, 0.6) is 0 Å². The predicted molar refractivity (Wildman–Crippen MR) is 89.2 cm³/mol. The first kappa shape index (κ1) is 16.6. The molecule has 3 fully saturated rings. The van der Waals surface area contributed by atoms with E-state index >= 15 is 0 Å². The minimum Gasteiger partial charge on any atom is -0.336 e. The molecule has 1 saturated heterocycles. The second kappa shape index (κ2) is 7.07. The van der Waals surface area contributed by atoms with Crippen LogP contribution in [0.25, 0.3) is 0 Å². The summed E-state index contributed by atoms with van der Waals surface area (Å²) >= 11 is 0. The van der Waals surface area contributed by atoms with E-state index in [1.807, 2.05) is 4.90 Å². The van der Waals surface area contributed by atoms with Gasteiger partial charge in [-0.05, 0) is 25.7 Å². The summed E-state index contributed by atoms with van der Waals surface area (Å²) in [6, 6.07) is 1.08. The fourth-order valence-corrected chi connectivity index (χ4v) is 3.89. The summed E-state index contributed by atoms with van der Waals surface area (Å²) in [7, 11) is 3.57. The van der Waals surface area contributed by atoms with Gasteiger partial charge in [0, 0.05) is 52.4 Å². The maximum absolute atomic E-state index is 12.8. The molecule has 1 heterocycles. The Morgan fingerprint density at radius 2 is 1.48 bits per heavy atom. The summed E-state index contributed by atoms with van der Waals surface area (Å²) in [4.78, 5) is 32.7. The third-order valence-electron chi connectivity index (χ3n) is 5.33. The number of hydrogen-bond donors (Lipinski definition) is 0. The fourth-order valence-electron chi connectivity index (χ4n) is 3.89. The molecule has 0 aromatic heterocycles. The molecule has 0 atom stereocenters. The molecule has 0 bridgehead atoms. The number of urea groups is 1. The van der Waals surface area contributed by atoms with Crippen LogP contribution in [-0.4, -0.2) is 90.4 Å². The number of nitrogens with zero attached hydrogens (tertiary/aromatic N) is 4. The quantitative estimate of drug-likeness (QED) is 0.782. The lowest BCUT2D eigenvalue weighted by atomic mass is 10.2. The third kappa shape index (κ3) is 3.97. The summed E-state index contributed by atoms with van der Waals surface area (Å²) in [5, 5.41) is 0. The van der Waals surface area contributed by atoms with E-state index in [-0.39, 0.29) is 6.03 Å². The van der Waals surface area contributed by atoms with Gasteiger partial charge < -0.3 is 14.7 Å². The van der Waals surface area contributed by atoms with Crippen LogP contribution in [0.15, 0.2) is 0 Å². The normalized spacial score (nSPS) is 23.1. The van der Waals surface area contributed by atoms with Crippen molar-refractivity contribution in [3.8, 4) is 0 Å². The summed E-state index contributed by atoms with van der Waals surface area (Å²) in [6.45, 7) is 3.56. The Balaban J connectivity index is 1.49. The standard InChI is InChI=1S/C17H30N4O2/c1-18(2)17(23)20-11-9-19(10-12-20)13-16(22)21(15-7-8-15)14-5-3-4-6-14/h14-15H,3-13H2,1-2H3. The Kier molecular flexibility index (Phi) is 5.09. The lowest BCUT2D eigenvalue weighted by Crippen LogP contribution is -2.54. The molecule has 0 unspecified atom stereocenters. The fraction of sp³-hybridized carbons (Fsp3) is 0.882. The highest BCUT2D eigenvalue weighted by atomic mass is 16.2. The highest BCUT2D eigenvalue weighted by Gasteiger charge is 2.38. The second-order valence-corrected chi connectivity index (χ2v) is 7.41. The molecule has 2 aliphatic carbocycles. The van der Waals surface area contributed by atoms with Crippen molar-refractivity contribution < 1.29 is 9.59 Å². The highest BCUT2D eigenvalue weighted by Crippen LogP contribution is 2.34. The molecule has 3 amide bonds. The van der Waals surface area contributed by atoms with Crippen LogP contribution in [0.2, 0.25) is 0 Å². The largest absolute Gasteiger partial charge is 0.336 e. The van der Waals surface area contributed by atoms with E-state index in [2.05, 4.69) is 9.80 Å². The van der Waals surface area contributed by atoms with Crippen molar-refractivity contribution in [2.75, 3.05) is 46.8 Å². The average molecular weight is 322 g/mol. The van der Waals surface area contributed by atoms with Crippen molar-refractivity contribution in [1.29, 1.82) is 0 Å². The Morgan fingerprint density at radius 1 is 0.913 bits per heavy atom. The van der Waals surface area contributed by atoms with Crippen LogP contribution >= 0.6 is 0 Å². The van der Waals surface area contributed by atoms with Crippen molar-refractivity contribution in [1.82, 2.24) is 19.6 Å². The van der Waals surface area contributed by atoms with E-state index in [4.69, 9.17) is 0 Å². The van der Waals surface area contributed by atoms with Gasteiger partial charge in [-0.15, -0.1) is 0 Å². The lowest BCUT2D eigenvalue weighted by molar-refractivity contribution is -0.135. The Bertz CT molecular complexity index is 436. The molecule has 0 aromatic carbocycles. The van der Waals surface area contributed by atoms with Crippen LogP contribution in [0.3, 0.4) is 0 Å². The third-order valence-corrected chi connectivity index (χ3v) is 5.33. The first-order chi connectivity index (χ1) is 11.1. The molecule has 2 saturated carbocycles. The van der Waals surface area contributed by atoms with E-state index in [0.717, 1.165) is 26.2 Å². The van der Waals surface area contributed by atoms with E-state index in [0.29, 0.717) is 24.5 Å². The highest BCUT2D eigenvalue weighted by molar-refractivity contribution is 5.79. The topological polar surface area (TPSA) is 47.1 Å². The van der Waals surface area contributed by atoms with Gasteiger partial charge in [0.25, 0.3) is 0 Å². The molecule has 23 heavy (non-hydrogen) atoms. The first-order valence-electron chi connectivity index (χ1n) is 9.06. The first-order valence-corrected chi connectivity index (χ1v) is 9.06. The van der Waals surface area contributed by atoms with Crippen molar-refractivity contribution in [3.63, 3.8) is 0 Å². The minimum absolute atomic E-state index is 0.0709. The molecule has 6 heteroatoms. The van der Waals surface area contributed by atoms with Gasteiger partial charge in [-0.2, -0.15) is 0 Å². The Hall–Kier alpha value is -1.30. The van der Waals surface area contributed by atoms with Gasteiger partial charge in [0.05, 0.1) is 6.54 Å². The van der Waals surface area contributed by atoms with E-state index in [9.17, 15) is 9.59 Å². The summed E-state index contributed by atoms with van der Waals surface area (Å²) in [5.41, 5.74) is 0. The van der Waals surface area contributed by atoms with E-state index in [1.54, 1.807) is 19.0 Å². The molecular formula is C17H30N4O2. The van der Waals surface area contributed by atoms with Crippen LogP contribution in [0.4, 0.5) is 4.79 Å². The summed E-state index contributed by atoms with van der Waals surface area (Å²) in [6.07, 6.45) is 7.29. The molecule has 6 nitrogen and oxygen atoms in total. The minimum atomic E-state index is 0.0709. The SMILES string of the molecule is CN(C)C(=O)N1CCN(CC(=O)N(C2CCCC2)C2CC2)CC1. The second-order valence-electron chi connectivity index (χ2n) is 7.41. The van der Waals surface area contributed by atoms with Crippen LogP contribution in [-0.2, 0) is 4.79 Å². The molecule has 0 radical (unpaired) electrons. The van der Waals surface area contributed by atoms with Crippen molar-refractivity contribution in [3.05, 3.63) is 0 Å². The van der Waals surface area contributed by atoms with E-state index < -0.39 is 0 Å². The maximum Gasteiger partial charge on any atom is 0.319 e. The maximum atomic E-state index is 12.8. The Labute approximate surface area is 139 Å². The molecule has 130 valence electrons. The molecule has 1 aliphatic heterocycles. The molecule has 0 aromatic rings. The van der Waals surface area contributed by atoms with Gasteiger partial charge >= 0.3 is 6.03 Å². The Morgan fingerprint density at radius 3 is 2.00 bits per heavy atom. The monoisotopic (exact) mass is 322 g/mol. The smallest absolute Gasteiger partial charge is 0.319 e. The van der Waals surface area contributed by atoms with Gasteiger partial charge in [-0.3, -0.25) is 9.69 Å². The lowest BCUT2D eigenvalue weighted by Gasteiger charge is -2.37. The molecule has 0 N–H and O–H groups in total. The number of carbonyl (C=O) groups excluding carboxylic acids is 2. The zero-order valence-electron chi connectivity index (χ0n) is 14.5. The molecule has 3 rings (SSSR count). The molecule has 0 spiro atoms. The number of rotatable bonds is 4. The van der Waals surface area contributed by atoms with Gasteiger partial charge in [-0.1, -0.05) is 12.8 Å². The zero-order valence-corrected chi connectivity index (χ0v) is 14.5. The van der Waals surface area contributed by atoms with Crippen molar-refractivity contribution in [2.24, 2.45) is 0 Å². The summed E-state index contributed by atoms with van der Waals surface area (Å²) < 4.78 is 0. The molecule has 3 aliphatic rings. The number of carbonyl (C=O) groups is 2. The molecular weight excluding hydrogens is 292 g/mol. The number of amides is 3. The van der Waals surface area contributed by atoms with Crippen LogP contribution in [0.1, 0.15) is 38.5 Å². The van der Waals surface area contributed by atoms with Gasteiger partial charge in [-0.25, -0.2) is 4.79 Å². The number of piperazine rings is 1.